The first-order chi connectivity index (χ1) is 9.36. The molecule has 20 heavy (non-hydrogen) atoms. The smallest absolute Gasteiger partial charge is 0.354 e. The molecule has 1 saturated carbocycles. The fraction of sp³-hybridized carbons (Fsp3) is 0.538. The van der Waals surface area contributed by atoms with Crippen molar-refractivity contribution in [3.8, 4) is 0 Å². The average Bonchev–Trinajstić information content (AvgIpc) is 2.38. The number of pyridine rings is 1. The summed E-state index contributed by atoms with van der Waals surface area (Å²) in [5, 5.41) is 11.8. The molecule has 1 aromatic rings. The molecule has 0 spiro atoms. The van der Waals surface area contributed by atoms with Crippen LogP contribution in [-0.2, 0) is 9.84 Å². The predicted molar refractivity (Wildman–Crippen MR) is 75.7 cm³/mol. The Morgan fingerprint density at radius 1 is 1.30 bits per heavy atom. The Bertz CT molecular complexity index is 592. The Balaban J connectivity index is 1.96. The van der Waals surface area contributed by atoms with Crippen LogP contribution in [0.25, 0.3) is 0 Å². The largest absolute Gasteiger partial charge is 0.477 e. The first-order valence-corrected chi connectivity index (χ1v) is 8.47. The zero-order valence-electron chi connectivity index (χ0n) is 11.2. The van der Waals surface area contributed by atoms with E-state index in [-0.39, 0.29) is 17.0 Å². The number of carboxylic acids is 1. The van der Waals surface area contributed by atoms with E-state index < -0.39 is 15.8 Å². The summed E-state index contributed by atoms with van der Waals surface area (Å²) in [5.74, 6) is -0.540. The quantitative estimate of drug-likeness (QED) is 0.875. The maximum atomic E-state index is 11.5. The van der Waals surface area contributed by atoms with Crippen LogP contribution in [0.2, 0.25) is 0 Å². The highest BCUT2D eigenvalue weighted by Gasteiger charge is 2.27. The van der Waals surface area contributed by atoms with Crippen LogP contribution in [0.5, 0.6) is 0 Å². The summed E-state index contributed by atoms with van der Waals surface area (Å²) in [7, 11) is -2.96. The molecule has 0 aliphatic heterocycles. The van der Waals surface area contributed by atoms with Crippen LogP contribution in [0.4, 0.5) is 5.82 Å². The number of rotatable bonds is 4. The van der Waals surface area contributed by atoms with Crippen molar-refractivity contribution in [2.75, 3.05) is 11.6 Å². The minimum atomic E-state index is -2.96. The summed E-state index contributed by atoms with van der Waals surface area (Å²) in [4.78, 5) is 14.8. The number of aromatic carboxylic acids is 1. The summed E-state index contributed by atoms with van der Waals surface area (Å²) in [6.07, 6.45) is 4.04. The topological polar surface area (TPSA) is 96.4 Å². The standard InChI is InChI=1S/C13H18N2O4S/c1-20(18,19)10-7-5-9(6-8-10)14-12-4-2-3-11(15-12)13(16)17/h2-4,9-10H,5-8H2,1H3,(H,14,15)(H,16,17). The molecular weight excluding hydrogens is 280 g/mol. The van der Waals surface area contributed by atoms with Crippen LogP contribution in [0.15, 0.2) is 18.2 Å². The van der Waals surface area contributed by atoms with Crippen LogP contribution in [0.3, 0.4) is 0 Å². The van der Waals surface area contributed by atoms with Gasteiger partial charge in [-0.15, -0.1) is 0 Å². The third-order valence-electron chi connectivity index (χ3n) is 3.60. The van der Waals surface area contributed by atoms with Crippen LogP contribution in [0.1, 0.15) is 36.2 Å². The van der Waals surface area contributed by atoms with Gasteiger partial charge in [-0.3, -0.25) is 0 Å². The van der Waals surface area contributed by atoms with Gasteiger partial charge in [-0.05, 0) is 37.8 Å². The molecule has 1 aliphatic rings. The molecule has 6 nitrogen and oxygen atoms in total. The molecule has 1 aromatic heterocycles. The molecule has 0 radical (unpaired) electrons. The lowest BCUT2D eigenvalue weighted by atomic mass is 9.95. The van der Waals surface area contributed by atoms with Crippen molar-refractivity contribution in [1.82, 2.24) is 4.98 Å². The monoisotopic (exact) mass is 298 g/mol. The number of nitrogens with one attached hydrogen (secondary N) is 1. The van der Waals surface area contributed by atoms with E-state index in [9.17, 15) is 13.2 Å². The van der Waals surface area contributed by atoms with Crippen LogP contribution in [-0.4, -0.2) is 42.0 Å². The number of hydrogen-bond donors (Lipinski definition) is 2. The molecule has 2 rings (SSSR count). The Morgan fingerprint density at radius 2 is 1.95 bits per heavy atom. The molecule has 0 atom stereocenters. The van der Waals surface area contributed by atoms with Gasteiger partial charge in [-0.2, -0.15) is 0 Å². The highest BCUT2D eigenvalue weighted by molar-refractivity contribution is 7.91. The summed E-state index contributed by atoms with van der Waals surface area (Å²) >= 11 is 0. The Labute approximate surface area is 118 Å². The highest BCUT2D eigenvalue weighted by atomic mass is 32.2. The Hall–Kier alpha value is -1.63. The molecule has 1 fully saturated rings. The molecule has 1 aliphatic carbocycles. The van der Waals surface area contributed by atoms with Gasteiger partial charge in [0.15, 0.2) is 5.69 Å². The van der Waals surface area contributed by atoms with Gasteiger partial charge in [0.2, 0.25) is 0 Å². The van der Waals surface area contributed by atoms with Crippen LogP contribution >= 0.6 is 0 Å². The SMILES string of the molecule is CS(=O)(=O)C1CCC(Nc2cccc(C(=O)O)n2)CC1. The van der Waals surface area contributed by atoms with Gasteiger partial charge in [-0.1, -0.05) is 6.07 Å². The van der Waals surface area contributed by atoms with E-state index in [1.54, 1.807) is 12.1 Å². The van der Waals surface area contributed by atoms with Gasteiger partial charge in [0.1, 0.15) is 15.7 Å². The fourth-order valence-corrected chi connectivity index (χ4v) is 3.61. The molecule has 1 heterocycles. The number of carboxylic acid groups (broad SMARTS) is 1. The summed E-state index contributed by atoms with van der Waals surface area (Å²) in [5.41, 5.74) is -0.000165. The van der Waals surface area contributed by atoms with Gasteiger partial charge in [0, 0.05) is 12.3 Å². The second kappa shape index (κ2) is 5.78. The maximum absolute atomic E-state index is 11.5. The summed E-state index contributed by atoms with van der Waals surface area (Å²) in [6.45, 7) is 0. The Kier molecular flexibility index (Phi) is 4.27. The number of aromatic nitrogens is 1. The van der Waals surface area contributed by atoms with Crippen molar-refractivity contribution < 1.29 is 18.3 Å². The number of carbonyl (C=O) groups is 1. The van der Waals surface area contributed by atoms with E-state index in [4.69, 9.17) is 5.11 Å². The van der Waals surface area contributed by atoms with E-state index >= 15 is 0 Å². The second-order valence-electron chi connectivity index (χ2n) is 5.16. The summed E-state index contributed by atoms with van der Waals surface area (Å²) < 4.78 is 22.9. The molecule has 0 aromatic carbocycles. The molecule has 110 valence electrons. The molecule has 0 unspecified atom stereocenters. The van der Waals surface area contributed by atoms with E-state index in [1.165, 1.54) is 12.3 Å². The normalized spacial score (nSPS) is 23.2. The first-order valence-electron chi connectivity index (χ1n) is 6.52. The van der Waals surface area contributed by atoms with Gasteiger partial charge < -0.3 is 10.4 Å². The lowest BCUT2D eigenvalue weighted by molar-refractivity contribution is 0.0690. The maximum Gasteiger partial charge on any atom is 0.354 e. The zero-order chi connectivity index (χ0) is 14.8. The van der Waals surface area contributed by atoms with Gasteiger partial charge >= 0.3 is 5.97 Å². The van der Waals surface area contributed by atoms with E-state index in [0.29, 0.717) is 18.7 Å². The highest BCUT2D eigenvalue weighted by Crippen LogP contribution is 2.25. The number of anilines is 1. The van der Waals surface area contributed by atoms with Gasteiger partial charge in [0.05, 0.1) is 5.25 Å². The van der Waals surface area contributed by atoms with E-state index in [1.807, 2.05) is 0 Å². The van der Waals surface area contributed by atoms with Crippen molar-refractivity contribution >= 4 is 21.6 Å². The number of hydrogen-bond acceptors (Lipinski definition) is 5. The number of nitrogens with zero attached hydrogens (tertiary/aromatic N) is 1. The fourth-order valence-electron chi connectivity index (χ4n) is 2.48. The zero-order valence-corrected chi connectivity index (χ0v) is 12.1. The van der Waals surface area contributed by atoms with Gasteiger partial charge in [0.25, 0.3) is 0 Å². The first kappa shape index (κ1) is 14.8. The molecule has 0 saturated heterocycles. The van der Waals surface area contributed by atoms with Crippen LogP contribution in [0, 0.1) is 0 Å². The lowest BCUT2D eigenvalue weighted by Gasteiger charge is -2.28. The molecule has 0 amide bonds. The van der Waals surface area contributed by atoms with Crippen molar-refractivity contribution in [2.24, 2.45) is 0 Å². The van der Waals surface area contributed by atoms with E-state index in [0.717, 1.165) is 12.8 Å². The molecule has 7 heteroatoms. The third-order valence-corrected chi connectivity index (χ3v) is 5.28. The predicted octanol–water partition coefficient (Wildman–Crippen LogP) is 1.55. The van der Waals surface area contributed by atoms with Crippen molar-refractivity contribution in [3.05, 3.63) is 23.9 Å². The lowest BCUT2D eigenvalue weighted by Crippen LogP contribution is -2.32. The third kappa shape index (κ3) is 3.69. The molecular formula is C13H18N2O4S. The Morgan fingerprint density at radius 3 is 2.50 bits per heavy atom. The van der Waals surface area contributed by atoms with E-state index in [2.05, 4.69) is 10.3 Å². The summed E-state index contributed by atoms with van der Waals surface area (Å²) in [6, 6.07) is 4.94. The molecule has 0 bridgehead atoms. The molecule has 2 N–H and O–H groups in total. The minimum absolute atomic E-state index is 0.000165. The van der Waals surface area contributed by atoms with Crippen molar-refractivity contribution in [1.29, 1.82) is 0 Å². The van der Waals surface area contributed by atoms with Gasteiger partial charge in [-0.25, -0.2) is 18.2 Å². The number of sulfone groups is 1. The van der Waals surface area contributed by atoms with Crippen molar-refractivity contribution in [3.63, 3.8) is 0 Å². The van der Waals surface area contributed by atoms with Crippen molar-refractivity contribution in [2.45, 2.75) is 37.0 Å². The minimum Gasteiger partial charge on any atom is -0.477 e. The average molecular weight is 298 g/mol. The van der Waals surface area contributed by atoms with Crippen LogP contribution < -0.4 is 5.32 Å². The second-order valence-corrected chi connectivity index (χ2v) is 7.49.